The van der Waals surface area contributed by atoms with Crippen LogP contribution in [0.2, 0.25) is 0 Å². The summed E-state index contributed by atoms with van der Waals surface area (Å²) in [6, 6.07) is 4.75. The minimum absolute atomic E-state index is 0.0833. The Hall–Kier alpha value is -2.76. The van der Waals surface area contributed by atoms with E-state index in [4.69, 9.17) is 18.9 Å². The Morgan fingerprint density at radius 1 is 0.783 bits per heavy atom. The van der Waals surface area contributed by atoms with Crippen LogP contribution in [0.4, 0.5) is 0 Å². The molecule has 2 rings (SSSR count). The first-order valence-corrected chi connectivity index (χ1v) is 6.88. The predicted molar refractivity (Wildman–Crippen MR) is 86.2 cm³/mol. The zero-order valence-corrected chi connectivity index (χ0v) is 13.8. The topological polar surface area (TPSA) is 77.4 Å². The molecule has 0 atom stereocenters. The van der Waals surface area contributed by atoms with Crippen LogP contribution in [0.15, 0.2) is 18.2 Å². The highest BCUT2D eigenvalue weighted by atomic mass is 16.5. The van der Waals surface area contributed by atoms with E-state index in [-0.39, 0.29) is 23.0 Å². The van der Waals surface area contributed by atoms with Crippen molar-refractivity contribution in [1.29, 1.82) is 0 Å². The van der Waals surface area contributed by atoms with Crippen molar-refractivity contribution >= 4 is 0 Å². The molecule has 0 radical (unpaired) electrons. The number of methoxy groups -OCH3 is 4. The average molecular weight is 320 g/mol. The molecule has 0 saturated carbocycles. The molecule has 6 nitrogen and oxygen atoms in total. The van der Waals surface area contributed by atoms with E-state index in [9.17, 15) is 10.2 Å². The summed E-state index contributed by atoms with van der Waals surface area (Å²) >= 11 is 0. The van der Waals surface area contributed by atoms with Crippen molar-refractivity contribution in [2.75, 3.05) is 28.4 Å². The smallest absolute Gasteiger partial charge is 0.207 e. The molecule has 0 aliphatic rings. The highest BCUT2D eigenvalue weighted by molar-refractivity contribution is 5.86. The third-order valence-electron chi connectivity index (χ3n) is 3.65. The van der Waals surface area contributed by atoms with E-state index in [2.05, 4.69) is 0 Å². The third-order valence-corrected chi connectivity index (χ3v) is 3.65. The van der Waals surface area contributed by atoms with Crippen LogP contribution < -0.4 is 18.9 Å². The molecule has 0 heterocycles. The first-order valence-electron chi connectivity index (χ1n) is 6.88. The van der Waals surface area contributed by atoms with Gasteiger partial charge in [-0.3, -0.25) is 0 Å². The van der Waals surface area contributed by atoms with Crippen molar-refractivity contribution in [1.82, 2.24) is 0 Å². The summed E-state index contributed by atoms with van der Waals surface area (Å²) in [5, 5.41) is 20.0. The van der Waals surface area contributed by atoms with Crippen LogP contribution in [0, 0.1) is 6.92 Å². The van der Waals surface area contributed by atoms with Gasteiger partial charge in [0.25, 0.3) is 0 Å². The molecular formula is C17H20O6. The fourth-order valence-electron chi connectivity index (χ4n) is 2.63. The van der Waals surface area contributed by atoms with E-state index < -0.39 is 0 Å². The Kier molecular flexibility index (Phi) is 4.74. The lowest BCUT2D eigenvalue weighted by atomic mass is 9.96. The number of aromatic hydroxyl groups is 2. The fourth-order valence-corrected chi connectivity index (χ4v) is 2.63. The second kappa shape index (κ2) is 6.56. The lowest BCUT2D eigenvalue weighted by Crippen LogP contribution is -2.00. The molecule has 0 aromatic heterocycles. The highest BCUT2D eigenvalue weighted by Crippen LogP contribution is 2.53. The van der Waals surface area contributed by atoms with Gasteiger partial charge in [0.15, 0.2) is 11.5 Å². The molecule has 124 valence electrons. The Morgan fingerprint density at radius 3 is 1.91 bits per heavy atom. The van der Waals surface area contributed by atoms with E-state index in [1.807, 2.05) is 0 Å². The molecule has 23 heavy (non-hydrogen) atoms. The van der Waals surface area contributed by atoms with Crippen molar-refractivity contribution in [2.45, 2.75) is 6.92 Å². The van der Waals surface area contributed by atoms with Crippen LogP contribution >= 0.6 is 0 Å². The van der Waals surface area contributed by atoms with Crippen molar-refractivity contribution in [3.63, 3.8) is 0 Å². The summed E-state index contributed by atoms with van der Waals surface area (Å²) in [5.74, 6) is 1.21. The number of rotatable bonds is 5. The maximum atomic E-state index is 10.3. The van der Waals surface area contributed by atoms with Crippen LogP contribution in [0.5, 0.6) is 34.5 Å². The minimum Gasteiger partial charge on any atom is -0.508 e. The second-order valence-corrected chi connectivity index (χ2v) is 4.83. The van der Waals surface area contributed by atoms with E-state index in [1.54, 1.807) is 19.1 Å². The van der Waals surface area contributed by atoms with E-state index in [1.165, 1.54) is 34.5 Å². The number of hydrogen-bond donors (Lipinski definition) is 2. The zero-order valence-electron chi connectivity index (χ0n) is 13.8. The summed E-state index contributed by atoms with van der Waals surface area (Å²) in [6.07, 6.45) is 0. The molecule has 0 bridgehead atoms. The van der Waals surface area contributed by atoms with E-state index >= 15 is 0 Å². The second-order valence-electron chi connectivity index (χ2n) is 4.83. The van der Waals surface area contributed by atoms with Gasteiger partial charge in [-0.25, -0.2) is 0 Å². The van der Waals surface area contributed by atoms with Crippen molar-refractivity contribution in [3.05, 3.63) is 23.8 Å². The van der Waals surface area contributed by atoms with Gasteiger partial charge in [0.1, 0.15) is 11.5 Å². The number of hydrogen-bond acceptors (Lipinski definition) is 6. The maximum Gasteiger partial charge on any atom is 0.207 e. The Morgan fingerprint density at radius 2 is 1.39 bits per heavy atom. The number of ether oxygens (including phenoxy) is 4. The third kappa shape index (κ3) is 2.67. The van der Waals surface area contributed by atoms with Gasteiger partial charge >= 0.3 is 0 Å². The summed E-state index contributed by atoms with van der Waals surface area (Å²) < 4.78 is 21.4. The molecule has 0 fully saturated rings. The van der Waals surface area contributed by atoms with Gasteiger partial charge in [-0.2, -0.15) is 0 Å². The Bertz CT molecular complexity index is 724. The largest absolute Gasteiger partial charge is 0.508 e. The molecule has 2 aromatic rings. The highest BCUT2D eigenvalue weighted by Gasteiger charge is 2.26. The van der Waals surface area contributed by atoms with Gasteiger partial charge < -0.3 is 29.2 Å². The molecule has 2 aromatic carbocycles. The van der Waals surface area contributed by atoms with E-state index in [0.717, 1.165) is 0 Å². The van der Waals surface area contributed by atoms with Gasteiger partial charge in [0.05, 0.1) is 28.4 Å². The van der Waals surface area contributed by atoms with Crippen LogP contribution in [0.25, 0.3) is 11.1 Å². The summed E-state index contributed by atoms with van der Waals surface area (Å²) in [5.41, 5.74) is 1.98. The average Bonchev–Trinajstić information content (AvgIpc) is 2.55. The summed E-state index contributed by atoms with van der Waals surface area (Å²) in [4.78, 5) is 0. The monoisotopic (exact) mass is 320 g/mol. The van der Waals surface area contributed by atoms with Crippen LogP contribution in [0.1, 0.15) is 5.56 Å². The first-order chi connectivity index (χ1) is 11.0. The predicted octanol–water partition coefficient (Wildman–Crippen LogP) is 3.11. The van der Waals surface area contributed by atoms with Gasteiger partial charge in [0.2, 0.25) is 11.5 Å². The van der Waals surface area contributed by atoms with Crippen molar-refractivity contribution < 1.29 is 29.2 Å². The number of benzene rings is 2. The molecule has 0 spiro atoms. The summed E-state index contributed by atoms with van der Waals surface area (Å²) in [6.45, 7) is 1.79. The molecule has 0 aliphatic carbocycles. The molecule has 2 N–H and O–H groups in total. The molecule has 0 saturated heterocycles. The van der Waals surface area contributed by atoms with Gasteiger partial charge in [-0.05, 0) is 19.1 Å². The molecule has 0 unspecified atom stereocenters. The minimum atomic E-state index is -0.133. The van der Waals surface area contributed by atoms with Crippen LogP contribution in [0.3, 0.4) is 0 Å². The quantitative estimate of drug-likeness (QED) is 0.881. The SMILES string of the molecule is COc1cc(O)ccc1-c1c(C)c(OC)c(O)c(OC)c1OC. The van der Waals surface area contributed by atoms with Gasteiger partial charge in [-0.15, -0.1) is 0 Å². The molecule has 0 aliphatic heterocycles. The molecular weight excluding hydrogens is 300 g/mol. The molecule has 6 heteroatoms. The van der Waals surface area contributed by atoms with E-state index in [0.29, 0.717) is 28.2 Å². The standard InChI is InChI=1S/C17H20O6/c1-9-13(11-7-6-10(18)8-12(11)20-2)16(22-4)17(23-5)14(19)15(9)21-3/h6-8,18-19H,1-5H3. The Labute approximate surface area is 134 Å². The zero-order chi connectivity index (χ0) is 17.1. The van der Waals surface area contributed by atoms with Crippen LogP contribution in [-0.2, 0) is 0 Å². The van der Waals surface area contributed by atoms with Crippen LogP contribution in [-0.4, -0.2) is 38.7 Å². The summed E-state index contributed by atoms with van der Waals surface area (Å²) in [7, 11) is 5.89. The maximum absolute atomic E-state index is 10.3. The normalized spacial score (nSPS) is 10.3. The van der Waals surface area contributed by atoms with Gasteiger partial charge in [0, 0.05) is 22.8 Å². The van der Waals surface area contributed by atoms with Crippen molar-refractivity contribution in [3.8, 4) is 45.6 Å². The Balaban J connectivity index is 2.91. The number of phenols is 2. The first kappa shape index (κ1) is 16.6. The fraction of sp³-hybridized carbons (Fsp3) is 0.294. The lowest BCUT2D eigenvalue weighted by molar-refractivity contribution is 0.315. The molecule has 0 amide bonds. The number of phenolic OH excluding ortho intramolecular Hbond substituents is 2. The van der Waals surface area contributed by atoms with Gasteiger partial charge in [-0.1, -0.05) is 0 Å². The lowest BCUT2D eigenvalue weighted by Gasteiger charge is -2.21. The van der Waals surface area contributed by atoms with Crippen molar-refractivity contribution in [2.24, 2.45) is 0 Å².